The molecule has 2 nitrogen and oxygen atoms in total. The van der Waals surface area contributed by atoms with Crippen LogP contribution in [0.2, 0.25) is 0 Å². The van der Waals surface area contributed by atoms with Gasteiger partial charge in [-0.2, -0.15) is 0 Å². The molecule has 2 rings (SSSR count). The van der Waals surface area contributed by atoms with Crippen LogP contribution in [0.1, 0.15) is 5.56 Å². The first-order chi connectivity index (χ1) is 9.16. The van der Waals surface area contributed by atoms with E-state index >= 15 is 0 Å². The molecule has 0 spiro atoms. The van der Waals surface area contributed by atoms with Crippen molar-refractivity contribution in [2.24, 2.45) is 0 Å². The van der Waals surface area contributed by atoms with Gasteiger partial charge in [0, 0.05) is 0 Å². The average molecular weight is 309 g/mol. The summed E-state index contributed by atoms with van der Waals surface area (Å²) in [6.45, 7) is 0. The van der Waals surface area contributed by atoms with Crippen molar-refractivity contribution in [3.05, 3.63) is 66.2 Å². The number of benzene rings is 2. The van der Waals surface area contributed by atoms with Crippen molar-refractivity contribution in [2.75, 3.05) is 11.9 Å². The summed E-state index contributed by atoms with van der Waals surface area (Å²) in [5.41, 5.74) is 1.92. The first kappa shape index (κ1) is 13.6. The Bertz CT molecular complexity index is 575. The first-order valence-electron chi connectivity index (χ1n) is 5.99. The van der Waals surface area contributed by atoms with E-state index in [9.17, 15) is 4.79 Å². The second-order valence-electron chi connectivity index (χ2n) is 4.19. The van der Waals surface area contributed by atoms with Crippen LogP contribution in [0.4, 0.5) is 5.69 Å². The molecule has 0 heterocycles. The molecule has 0 atom stereocenters. The number of carbonyl (C=O) groups is 1. The van der Waals surface area contributed by atoms with Gasteiger partial charge in [-0.05, 0) is 0 Å². The van der Waals surface area contributed by atoms with E-state index in [1.807, 2.05) is 77.2 Å². The Morgan fingerprint density at radius 3 is 2.32 bits per heavy atom. The van der Waals surface area contributed by atoms with Gasteiger partial charge in [0.05, 0.1) is 0 Å². The second-order valence-corrected chi connectivity index (χ2v) is 5.40. The maximum atomic E-state index is 12.0. The summed E-state index contributed by atoms with van der Waals surface area (Å²) in [5, 5.41) is 0. The van der Waals surface area contributed by atoms with Gasteiger partial charge in [0.2, 0.25) is 0 Å². The molecular formula is C16H14GeNO. The van der Waals surface area contributed by atoms with Crippen LogP contribution in [-0.4, -0.2) is 29.5 Å². The summed E-state index contributed by atoms with van der Waals surface area (Å²) in [4.78, 5) is 13.7. The minimum absolute atomic E-state index is 0.0345. The monoisotopic (exact) mass is 310 g/mol. The fourth-order valence-corrected chi connectivity index (χ4v) is 2.01. The van der Waals surface area contributed by atoms with Crippen molar-refractivity contribution in [2.45, 2.75) is 0 Å². The summed E-state index contributed by atoms with van der Waals surface area (Å²) in [6, 6.07) is 17.7. The predicted molar refractivity (Wildman–Crippen MR) is 80.7 cm³/mol. The van der Waals surface area contributed by atoms with Crippen molar-refractivity contribution >= 4 is 38.6 Å². The van der Waals surface area contributed by atoms with E-state index < -0.39 is 0 Å². The molecule has 1 amide bonds. The minimum atomic E-state index is -0.0345. The SMILES string of the molecule is CN(C(=O)C=Cc1ccccc1)c1cc[c]([Ge])cc1. The van der Waals surface area contributed by atoms with Crippen LogP contribution in [0.3, 0.4) is 0 Å². The number of hydrogen-bond donors (Lipinski definition) is 0. The Labute approximate surface area is 122 Å². The van der Waals surface area contributed by atoms with E-state index in [2.05, 4.69) is 0 Å². The zero-order chi connectivity index (χ0) is 13.7. The molecule has 2 aromatic carbocycles. The van der Waals surface area contributed by atoms with Gasteiger partial charge in [-0.3, -0.25) is 0 Å². The Balaban J connectivity index is 2.07. The predicted octanol–water partition coefficient (Wildman–Crippen LogP) is 2.16. The van der Waals surface area contributed by atoms with E-state index in [-0.39, 0.29) is 5.91 Å². The van der Waals surface area contributed by atoms with Gasteiger partial charge < -0.3 is 0 Å². The fourth-order valence-electron chi connectivity index (χ4n) is 1.66. The van der Waals surface area contributed by atoms with Gasteiger partial charge in [0.1, 0.15) is 0 Å². The summed E-state index contributed by atoms with van der Waals surface area (Å²) in [6.07, 6.45) is 3.42. The first-order valence-corrected chi connectivity index (χ1v) is 7.04. The van der Waals surface area contributed by atoms with Crippen LogP contribution in [0.25, 0.3) is 6.08 Å². The molecular weight excluding hydrogens is 295 g/mol. The molecule has 0 aliphatic heterocycles. The van der Waals surface area contributed by atoms with Crippen molar-refractivity contribution in [3.63, 3.8) is 0 Å². The number of amides is 1. The Kier molecular flexibility index (Phi) is 4.58. The molecule has 0 aliphatic carbocycles. The molecule has 0 unspecified atom stereocenters. The maximum absolute atomic E-state index is 12.0. The second kappa shape index (κ2) is 6.39. The molecule has 93 valence electrons. The number of likely N-dealkylation sites (N-methyl/N-ethyl adjacent to an activating group) is 1. The Morgan fingerprint density at radius 1 is 1.05 bits per heavy atom. The van der Waals surface area contributed by atoms with Crippen LogP contribution < -0.4 is 9.30 Å². The van der Waals surface area contributed by atoms with Gasteiger partial charge in [0.25, 0.3) is 0 Å². The summed E-state index contributed by atoms with van der Waals surface area (Å²) in [7, 11) is 1.78. The van der Waals surface area contributed by atoms with Crippen molar-refractivity contribution in [1.29, 1.82) is 0 Å². The molecule has 3 radical (unpaired) electrons. The number of rotatable bonds is 3. The van der Waals surface area contributed by atoms with Crippen LogP contribution in [0.5, 0.6) is 0 Å². The van der Waals surface area contributed by atoms with Crippen LogP contribution in [0, 0.1) is 0 Å². The third kappa shape index (κ3) is 3.83. The molecule has 0 saturated heterocycles. The molecule has 0 fully saturated rings. The van der Waals surface area contributed by atoms with E-state index in [1.165, 1.54) is 4.40 Å². The van der Waals surface area contributed by atoms with E-state index in [0.717, 1.165) is 11.3 Å². The van der Waals surface area contributed by atoms with Gasteiger partial charge >= 0.3 is 122 Å². The molecule has 3 heteroatoms. The molecule has 0 aliphatic rings. The normalized spacial score (nSPS) is 10.6. The van der Waals surface area contributed by atoms with Gasteiger partial charge in [-0.1, -0.05) is 0 Å². The summed E-state index contributed by atoms with van der Waals surface area (Å²) in [5.74, 6) is -0.0345. The topological polar surface area (TPSA) is 20.3 Å². The van der Waals surface area contributed by atoms with Crippen molar-refractivity contribution < 1.29 is 4.79 Å². The van der Waals surface area contributed by atoms with E-state index in [0.29, 0.717) is 0 Å². The Hall–Kier alpha value is -1.81. The van der Waals surface area contributed by atoms with Gasteiger partial charge in [-0.25, -0.2) is 0 Å². The fraction of sp³-hybridized carbons (Fsp3) is 0.0625. The molecule has 0 aromatic heterocycles. The van der Waals surface area contributed by atoms with Crippen LogP contribution in [0.15, 0.2) is 60.7 Å². The number of nitrogens with zero attached hydrogens (tertiary/aromatic N) is 1. The molecule has 2 aromatic rings. The van der Waals surface area contributed by atoms with Crippen molar-refractivity contribution in [1.82, 2.24) is 0 Å². The van der Waals surface area contributed by atoms with Crippen molar-refractivity contribution in [3.8, 4) is 0 Å². The molecule has 0 saturated carbocycles. The van der Waals surface area contributed by atoms with Gasteiger partial charge in [-0.15, -0.1) is 0 Å². The zero-order valence-corrected chi connectivity index (χ0v) is 12.8. The number of hydrogen-bond acceptors (Lipinski definition) is 1. The van der Waals surface area contributed by atoms with Crippen LogP contribution >= 0.6 is 0 Å². The van der Waals surface area contributed by atoms with E-state index in [4.69, 9.17) is 0 Å². The summed E-state index contributed by atoms with van der Waals surface area (Å²) < 4.78 is 1.18. The number of anilines is 1. The summed E-state index contributed by atoms with van der Waals surface area (Å²) >= 11 is 2.03. The zero-order valence-electron chi connectivity index (χ0n) is 10.7. The van der Waals surface area contributed by atoms with E-state index in [1.54, 1.807) is 18.0 Å². The average Bonchev–Trinajstić information content (AvgIpc) is 2.46. The quantitative estimate of drug-likeness (QED) is 0.628. The van der Waals surface area contributed by atoms with Crippen LogP contribution in [-0.2, 0) is 4.79 Å². The van der Waals surface area contributed by atoms with Gasteiger partial charge in [0.15, 0.2) is 0 Å². The molecule has 19 heavy (non-hydrogen) atoms. The third-order valence-corrected chi connectivity index (χ3v) is 3.50. The molecule has 0 bridgehead atoms. The Morgan fingerprint density at radius 2 is 1.68 bits per heavy atom. The standard InChI is InChI=1S/C16H14GeNO/c1-18(15-10-8-14(17)9-11-15)16(19)12-7-13-5-3-2-4-6-13/h2-12H,1H3. The third-order valence-electron chi connectivity index (χ3n) is 2.80. The number of carbonyl (C=O) groups excluding carboxylic acids is 1. The molecule has 0 N–H and O–H groups in total.